The van der Waals surface area contributed by atoms with Crippen LogP contribution in [0.2, 0.25) is 5.02 Å². The van der Waals surface area contributed by atoms with E-state index in [1.165, 1.54) is 4.90 Å². The molecule has 0 spiro atoms. The predicted octanol–water partition coefficient (Wildman–Crippen LogP) is 6.09. The van der Waals surface area contributed by atoms with Gasteiger partial charge in [-0.25, -0.2) is 4.90 Å². The number of benzene rings is 3. The Bertz CT molecular complexity index is 1390. The van der Waals surface area contributed by atoms with Crippen LogP contribution < -0.4 is 14.4 Å². The van der Waals surface area contributed by atoms with Gasteiger partial charge in [0.1, 0.15) is 11.5 Å². The van der Waals surface area contributed by atoms with E-state index in [4.69, 9.17) is 21.1 Å². The summed E-state index contributed by atoms with van der Waals surface area (Å²) in [6.07, 6.45) is 4.20. The second kappa shape index (κ2) is 8.93. The van der Waals surface area contributed by atoms with Crippen molar-refractivity contribution in [3.63, 3.8) is 0 Å². The molecule has 6 heteroatoms. The van der Waals surface area contributed by atoms with Gasteiger partial charge in [0.05, 0.1) is 31.7 Å². The topological polar surface area (TPSA) is 55.8 Å². The molecule has 1 heterocycles. The fraction of sp³-hybridized carbons (Fsp3) is 0.226. The van der Waals surface area contributed by atoms with Gasteiger partial charge in [0.25, 0.3) is 0 Å². The molecule has 3 aliphatic rings. The van der Waals surface area contributed by atoms with E-state index in [0.29, 0.717) is 10.7 Å². The number of halogens is 1. The molecule has 0 aromatic heterocycles. The van der Waals surface area contributed by atoms with Crippen molar-refractivity contribution in [1.29, 1.82) is 0 Å². The van der Waals surface area contributed by atoms with Crippen LogP contribution >= 0.6 is 11.6 Å². The van der Waals surface area contributed by atoms with Gasteiger partial charge in [-0.05, 0) is 71.2 Å². The SMILES string of the molecule is COc1ccc(C(=C2[C@H]3C=C[C@H]2[C@H]2C(=O)N(c4ccc(C)c(Cl)c4)C(=O)[C@@H]23)c2ccc(OC)cc2)cc1. The first kappa shape index (κ1) is 23.6. The van der Waals surface area contributed by atoms with E-state index >= 15 is 0 Å². The number of aryl methyl sites for hydroxylation is 1. The van der Waals surface area contributed by atoms with Crippen molar-refractivity contribution in [2.75, 3.05) is 19.1 Å². The van der Waals surface area contributed by atoms with E-state index in [9.17, 15) is 9.59 Å². The maximum atomic E-state index is 13.8. The highest BCUT2D eigenvalue weighted by Gasteiger charge is 2.62. The van der Waals surface area contributed by atoms with Gasteiger partial charge in [0.15, 0.2) is 0 Å². The highest BCUT2D eigenvalue weighted by molar-refractivity contribution is 6.32. The second-order valence-corrected chi connectivity index (χ2v) is 10.1. The minimum absolute atomic E-state index is 0.156. The fourth-order valence-electron chi connectivity index (χ4n) is 6.09. The van der Waals surface area contributed by atoms with E-state index in [-0.39, 0.29) is 23.7 Å². The Labute approximate surface area is 221 Å². The van der Waals surface area contributed by atoms with Crippen molar-refractivity contribution in [2.24, 2.45) is 23.7 Å². The van der Waals surface area contributed by atoms with Gasteiger partial charge in [0, 0.05) is 16.9 Å². The minimum Gasteiger partial charge on any atom is -0.497 e. The molecule has 2 fully saturated rings. The summed E-state index contributed by atoms with van der Waals surface area (Å²) in [5.74, 6) is 0.0532. The maximum absolute atomic E-state index is 13.8. The molecule has 4 atom stereocenters. The third kappa shape index (κ3) is 3.60. The first-order valence-electron chi connectivity index (χ1n) is 12.3. The normalized spacial score (nSPS) is 23.6. The fourth-order valence-corrected chi connectivity index (χ4v) is 6.26. The molecule has 5 nitrogen and oxygen atoms in total. The molecule has 3 aromatic rings. The van der Waals surface area contributed by atoms with Crippen molar-refractivity contribution in [3.8, 4) is 11.5 Å². The quantitative estimate of drug-likeness (QED) is 0.307. The summed E-state index contributed by atoms with van der Waals surface area (Å²) in [5.41, 5.74) is 5.64. The number of hydrogen-bond donors (Lipinski definition) is 0. The Morgan fingerprint density at radius 1 is 0.757 bits per heavy atom. The van der Waals surface area contributed by atoms with Crippen molar-refractivity contribution < 1.29 is 19.1 Å². The molecule has 2 aliphatic carbocycles. The minimum atomic E-state index is -0.427. The van der Waals surface area contributed by atoms with Crippen molar-refractivity contribution >= 4 is 34.7 Å². The van der Waals surface area contributed by atoms with Crippen LogP contribution in [0.25, 0.3) is 5.57 Å². The number of ether oxygens (including phenoxy) is 2. The third-order valence-corrected chi connectivity index (χ3v) is 8.28. The van der Waals surface area contributed by atoms with E-state index in [2.05, 4.69) is 12.2 Å². The van der Waals surface area contributed by atoms with Crippen LogP contribution in [0.4, 0.5) is 5.69 Å². The molecule has 1 saturated heterocycles. The average Bonchev–Trinajstić information content (AvgIpc) is 3.55. The summed E-state index contributed by atoms with van der Waals surface area (Å²) in [6.45, 7) is 1.90. The number of rotatable bonds is 5. The summed E-state index contributed by atoms with van der Waals surface area (Å²) >= 11 is 6.33. The lowest BCUT2D eigenvalue weighted by atomic mass is 9.85. The van der Waals surface area contributed by atoms with E-state index < -0.39 is 11.8 Å². The Hall–Kier alpha value is -3.83. The molecule has 0 N–H and O–H groups in total. The van der Waals surface area contributed by atoms with Crippen molar-refractivity contribution in [1.82, 2.24) is 0 Å². The maximum Gasteiger partial charge on any atom is 0.238 e. The lowest BCUT2D eigenvalue weighted by molar-refractivity contribution is -0.122. The van der Waals surface area contributed by atoms with E-state index in [1.807, 2.05) is 61.5 Å². The Morgan fingerprint density at radius 2 is 1.24 bits per heavy atom. The number of carbonyl (C=O) groups is 2. The number of hydrogen-bond acceptors (Lipinski definition) is 4. The lowest BCUT2D eigenvalue weighted by Gasteiger charge is -2.22. The number of carbonyl (C=O) groups excluding carboxylic acids is 2. The molecule has 2 bridgehead atoms. The molecule has 6 rings (SSSR count). The molecule has 1 saturated carbocycles. The van der Waals surface area contributed by atoms with Crippen LogP contribution in [0.5, 0.6) is 11.5 Å². The van der Waals surface area contributed by atoms with Gasteiger partial charge >= 0.3 is 0 Å². The Morgan fingerprint density at radius 3 is 1.68 bits per heavy atom. The molecule has 0 radical (unpaired) electrons. The van der Waals surface area contributed by atoms with Gasteiger partial charge in [0.2, 0.25) is 11.8 Å². The molecule has 3 aromatic carbocycles. The van der Waals surface area contributed by atoms with E-state index in [0.717, 1.165) is 39.3 Å². The van der Waals surface area contributed by atoms with Gasteiger partial charge in [-0.15, -0.1) is 0 Å². The van der Waals surface area contributed by atoms with Gasteiger partial charge < -0.3 is 9.47 Å². The molecule has 186 valence electrons. The highest BCUT2D eigenvalue weighted by Crippen LogP contribution is 2.59. The second-order valence-electron chi connectivity index (χ2n) is 9.72. The third-order valence-electron chi connectivity index (χ3n) is 7.88. The van der Waals surface area contributed by atoms with Gasteiger partial charge in [-0.2, -0.15) is 0 Å². The summed E-state index contributed by atoms with van der Waals surface area (Å²) < 4.78 is 10.7. The smallest absolute Gasteiger partial charge is 0.238 e. The standard InChI is InChI=1S/C31H26ClNO4/c1-17-4-9-20(16-25(17)32)33-30(34)28-23-14-15-24(29(28)31(33)35)27(23)26(18-5-10-21(36-2)11-6-18)19-7-12-22(37-3)13-8-19/h4-16,23-24,28-29H,1-3H3/t23-,24-,28-,29-/m1/s1. The summed E-state index contributed by atoms with van der Waals surface area (Å²) in [7, 11) is 3.29. The van der Waals surface area contributed by atoms with Crippen LogP contribution in [0, 0.1) is 30.6 Å². The summed E-state index contributed by atoms with van der Waals surface area (Å²) in [4.78, 5) is 28.9. The monoisotopic (exact) mass is 511 g/mol. The first-order chi connectivity index (χ1) is 17.9. The van der Waals surface area contributed by atoms with Crippen LogP contribution in [-0.2, 0) is 9.59 Å². The summed E-state index contributed by atoms with van der Waals surface area (Å²) in [6, 6.07) is 21.2. The average molecular weight is 512 g/mol. The molecule has 0 unspecified atom stereocenters. The van der Waals surface area contributed by atoms with E-state index in [1.54, 1.807) is 26.4 Å². The molecule has 37 heavy (non-hydrogen) atoms. The molecule has 2 amide bonds. The largest absolute Gasteiger partial charge is 0.497 e. The van der Waals surface area contributed by atoms with Crippen LogP contribution in [0.3, 0.4) is 0 Å². The number of amides is 2. The number of allylic oxidation sites excluding steroid dienone is 3. The zero-order chi connectivity index (χ0) is 25.8. The van der Waals surface area contributed by atoms with Gasteiger partial charge in [-0.1, -0.05) is 54.1 Å². The number of fused-ring (bicyclic) bond motifs is 5. The van der Waals surface area contributed by atoms with Crippen molar-refractivity contribution in [3.05, 3.63) is 106 Å². The highest BCUT2D eigenvalue weighted by atomic mass is 35.5. The predicted molar refractivity (Wildman–Crippen MR) is 144 cm³/mol. The van der Waals surface area contributed by atoms with Crippen molar-refractivity contribution in [2.45, 2.75) is 6.92 Å². The molecular weight excluding hydrogens is 486 g/mol. The number of anilines is 1. The number of imide groups is 1. The number of methoxy groups -OCH3 is 2. The van der Waals surface area contributed by atoms with Crippen LogP contribution in [0.15, 0.2) is 84.5 Å². The molecule has 1 aliphatic heterocycles. The zero-order valence-corrected chi connectivity index (χ0v) is 21.5. The zero-order valence-electron chi connectivity index (χ0n) is 20.8. The molecular formula is C31H26ClNO4. The van der Waals surface area contributed by atoms with Crippen LogP contribution in [0.1, 0.15) is 16.7 Å². The first-order valence-corrected chi connectivity index (χ1v) is 12.7. The summed E-state index contributed by atoms with van der Waals surface area (Å²) in [5, 5.41) is 0.540. The van der Waals surface area contributed by atoms with Crippen LogP contribution in [-0.4, -0.2) is 26.0 Å². The Balaban J connectivity index is 1.47. The lowest BCUT2D eigenvalue weighted by Crippen LogP contribution is -2.33. The Kier molecular flexibility index (Phi) is 5.68. The number of nitrogens with zero attached hydrogens (tertiary/aromatic N) is 1. The van der Waals surface area contributed by atoms with Gasteiger partial charge in [-0.3, -0.25) is 9.59 Å².